The van der Waals surface area contributed by atoms with E-state index >= 15 is 0 Å². The van der Waals surface area contributed by atoms with Crippen LogP contribution < -0.4 is 4.90 Å². The smallest absolute Gasteiger partial charge is 0.370 e. The summed E-state index contributed by atoms with van der Waals surface area (Å²) in [4.78, 5) is 1.70. The van der Waals surface area contributed by atoms with E-state index in [1.807, 2.05) is 0 Å². The summed E-state index contributed by atoms with van der Waals surface area (Å²) in [6.07, 6.45) is -4.44. The van der Waals surface area contributed by atoms with Crippen molar-refractivity contribution in [2.75, 3.05) is 18.0 Å². The summed E-state index contributed by atoms with van der Waals surface area (Å²) in [5, 5.41) is 0.418. The molecule has 2 aromatic rings. The van der Waals surface area contributed by atoms with Gasteiger partial charge in [0.25, 0.3) is 0 Å². The summed E-state index contributed by atoms with van der Waals surface area (Å²) in [6, 6.07) is 14.2. The van der Waals surface area contributed by atoms with Gasteiger partial charge in [-0.15, -0.1) is 0 Å². The molecule has 1 saturated heterocycles. The van der Waals surface area contributed by atoms with Gasteiger partial charge in [-0.1, -0.05) is 41.4 Å². The molecule has 3 rings (SSSR count). The molecule has 1 aliphatic rings. The molecular formula is C17H13Cl2F3N. The fraction of sp³-hybridized carbons (Fsp3) is 0.294. The van der Waals surface area contributed by atoms with Crippen LogP contribution in [0.1, 0.15) is 12.0 Å². The first-order valence-corrected chi connectivity index (χ1v) is 7.82. The molecule has 6 heteroatoms. The summed E-state index contributed by atoms with van der Waals surface area (Å²) in [7, 11) is 0. The molecule has 1 nitrogen and oxygen atoms in total. The highest BCUT2D eigenvalue weighted by atomic mass is 35.5. The van der Waals surface area contributed by atoms with Crippen LogP contribution >= 0.6 is 23.2 Å². The molecule has 121 valence electrons. The van der Waals surface area contributed by atoms with Gasteiger partial charge in [0.1, 0.15) is 5.41 Å². The summed E-state index contributed by atoms with van der Waals surface area (Å²) in [6.45, 7) is 0.123. The topological polar surface area (TPSA) is 3.24 Å². The second kappa shape index (κ2) is 5.91. The van der Waals surface area contributed by atoms with Gasteiger partial charge >= 0.3 is 6.18 Å². The first-order valence-electron chi connectivity index (χ1n) is 7.07. The minimum absolute atomic E-state index is 0.0457. The van der Waals surface area contributed by atoms with Crippen molar-refractivity contribution in [2.24, 2.45) is 0 Å². The maximum Gasteiger partial charge on any atom is 0.400 e. The van der Waals surface area contributed by atoms with Gasteiger partial charge in [-0.3, -0.25) is 0 Å². The molecule has 1 atom stereocenters. The Hall–Kier alpha value is -1.39. The molecule has 0 saturated carbocycles. The first kappa shape index (κ1) is 16.5. The van der Waals surface area contributed by atoms with E-state index in [4.69, 9.17) is 23.2 Å². The molecule has 1 unspecified atom stereocenters. The average molecular weight is 359 g/mol. The Bertz CT molecular complexity index is 682. The monoisotopic (exact) mass is 358 g/mol. The van der Waals surface area contributed by atoms with Gasteiger partial charge in [-0.2, -0.15) is 13.2 Å². The molecule has 1 aliphatic heterocycles. The first-order chi connectivity index (χ1) is 10.8. The minimum atomic E-state index is -4.40. The SMILES string of the molecule is FC(F)(F)C1(c2cc(Cl)cc(Cl)c2)CCN(c2[c]cccc2)C1. The number of nitrogens with zero attached hydrogens (tertiary/aromatic N) is 1. The predicted octanol–water partition coefficient (Wildman–Crippen LogP) is 5.50. The van der Waals surface area contributed by atoms with Crippen molar-refractivity contribution in [1.29, 1.82) is 0 Å². The number of alkyl halides is 3. The third-order valence-electron chi connectivity index (χ3n) is 4.26. The molecule has 1 fully saturated rings. The molecule has 0 bridgehead atoms. The van der Waals surface area contributed by atoms with Crippen LogP contribution in [0.2, 0.25) is 10.0 Å². The summed E-state index contributed by atoms with van der Waals surface area (Å²) in [5.74, 6) is 0. The second-order valence-corrected chi connectivity index (χ2v) is 6.53. The standard InChI is InChI=1S/C17H13Cl2F3N/c18-13-8-12(9-14(19)10-13)16(17(20,21)22)6-7-23(11-16)15-4-2-1-3-5-15/h1-4,8-10H,6-7,11H2. The molecule has 0 amide bonds. The Labute approximate surface area is 142 Å². The van der Waals surface area contributed by atoms with Crippen molar-refractivity contribution < 1.29 is 13.2 Å². The fourth-order valence-electron chi connectivity index (χ4n) is 3.06. The Morgan fingerprint density at radius 1 is 1.09 bits per heavy atom. The molecule has 1 radical (unpaired) electrons. The fourth-order valence-corrected chi connectivity index (χ4v) is 3.58. The van der Waals surface area contributed by atoms with E-state index in [9.17, 15) is 13.2 Å². The highest BCUT2D eigenvalue weighted by Crippen LogP contribution is 2.49. The van der Waals surface area contributed by atoms with Crippen LogP contribution in [0.25, 0.3) is 0 Å². The van der Waals surface area contributed by atoms with Crippen LogP contribution in [0.4, 0.5) is 18.9 Å². The van der Waals surface area contributed by atoms with Crippen LogP contribution in [-0.2, 0) is 5.41 Å². The van der Waals surface area contributed by atoms with E-state index in [0.717, 1.165) is 0 Å². The summed E-state index contributed by atoms with van der Waals surface area (Å²) >= 11 is 11.8. The van der Waals surface area contributed by atoms with Gasteiger partial charge in [0.05, 0.1) is 0 Å². The van der Waals surface area contributed by atoms with Gasteiger partial charge in [0, 0.05) is 34.9 Å². The zero-order valence-electron chi connectivity index (χ0n) is 12.0. The quantitative estimate of drug-likeness (QED) is 0.684. The van der Waals surface area contributed by atoms with Gasteiger partial charge < -0.3 is 4.90 Å². The van der Waals surface area contributed by atoms with E-state index in [2.05, 4.69) is 6.07 Å². The molecular weight excluding hydrogens is 346 g/mol. The van der Waals surface area contributed by atoms with Crippen molar-refractivity contribution in [3.8, 4) is 0 Å². The lowest BCUT2D eigenvalue weighted by Crippen LogP contribution is -2.44. The van der Waals surface area contributed by atoms with Gasteiger partial charge in [0.2, 0.25) is 0 Å². The molecule has 2 aromatic carbocycles. The van der Waals surface area contributed by atoms with Crippen LogP contribution in [0.3, 0.4) is 0 Å². The Kier molecular flexibility index (Phi) is 4.23. The van der Waals surface area contributed by atoms with Gasteiger partial charge in [-0.05, 0) is 36.2 Å². The lowest BCUT2D eigenvalue weighted by molar-refractivity contribution is -0.184. The molecule has 0 aliphatic carbocycles. The number of hydrogen-bond donors (Lipinski definition) is 0. The minimum Gasteiger partial charge on any atom is -0.370 e. The number of hydrogen-bond acceptors (Lipinski definition) is 1. The van der Waals surface area contributed by atoms with Gasteiger partial charge in [-0.25, -0.2) is 0 Å². The number of para-hydroxylation sites is 1. The maximum atomic E-state index is 13.9. The second-order valence-electron chi connectivity index (χ2n) is 5.66. The lowest BCUT2D eigenvalue weighted by Gasteiger charge is -2.33. The molecule has 23 heavy (non-hydrogen) atoms. The number of benzene rings is 2. The Morgan fingerprint density at radius 2 is 1.78 bits per heavy atom. The predicted molar refractivity (Wildman–Crippen MR) is 86.3 cm³/mol. The summed E-state index contributed by atoms with van der Waals surface area (Å²) in [5.41, 5.74) is -1.21. The van der Waals surface area contributed by atoms with E-state index in [1.165, 1.54) is 18.2 Å². The Balaban J connectivity index is 2.03. The van der Waals surface area contributed by atoms with Gasteiger partial charge in [0.15, 0.2) is 0 Å². The molecule has 1 heterocycles. The van der Waals surface area contributed by atoms with Crippen molar-refractivity contribution in [2.45, 2.75) is 18.0 Å². The van der Waals surface area contributed by atoms with Crippen LogP contribution in [0.15, 0.2) is 42.5 Å². The van der Waals surface area contributed by atoms with E-state index < -0.39 is 11.6 Å². The van der Waals surface area contributed by atoms with E-state index in [1.54, 1.807) is 29.2 Å². The molecule has 0 N–H and O–H groups in total. The van der Waals surface area contributed by atoms with Crippen LogP contribution in [0.5, 0.6) is 0 Å². The summed E-state index contributed by atoms with van der Waals surface area (Å²) < 4.78 is 41.8. The highest BCUT2D eigenvalue weighted by Gasteiger charge is 2.59. The van der Waals surface area contributed by atoms with Crippen molar-refractivity contribution >= 4 is 28.9 Å². The normalized spacial score (nSPS) is 21.7. The number of halogens is 5. The zero-order chi connectivity index (χ0) is 16.7. The number of anilines is 1. The zero-order valence-corrected chi connectivity index (χ0v) is 13.5. The van der Waals surface area contributed by atoms with Crippen LogP contribution in [-0.4, -0.2) is 19.3 Å². The van der Waals surface area contributed by atoms with Crippen molar-refractivity contribution in [3.63, 3.8) is 0 Å². The van der Waals surface area contributed by atoms with E-state index in [-0.39, 0.29) is 28.6 Å². The van der Waals surface area contributed by atoms with Crippen molar-refractivity contribution in [3.05, 3.63) is 64.1 Å². The Morgan fingerprint density at radius 3 is 2.35 bits per heavy atom. The largest absolute Gasteiger partial charge is 0.400 e. The highest BCUT2D eigenvalue weighted by molar-refractivity contribution is 6.34. The number of rotatable bonds is 2. The average Bonchev–Trinajstić information content (AvgIpc) is 2.93. The van der Waals surface area contributed by atoms with E-state index in [0.29, 0.717) is 12.2 Å². The third-order valence-corrected chi connectivity index (χ3v) is 4.70. The lowest BCUT2D eigenvalue weighted by atomic mass is 9.79. The van der Waals surface area contributed by atoms with Crippen LogP contribution in [0, 0.1) is 6.07 Å². The third kappa shape index (κ3) is 3.02. The molecule has 0 aromatic heterocycles. The molecule has 0 spiro atoms. The van der Waals surface area contributed by atoms with Crippen molar-refractivity contribution in [1.82, 2.24) is 0 Å². The maximum absolute atomic E-state index is 13.9.